The van der Waals surface area contributed by atoms with E-state index in [1.807, 2.05) is 46.8 Å². The number of aryl methyl sites for hydroxylation is 2. The molecule has 1 aromatic carbocycles. The molecule has 0 saturated carbocycles. The second-order valence-electron chi connectivity index (χ2n) is 5.79. The molecule has 0 aliphatic rings. The predicted molar refractivity (Wildman–Crippen MR) is 76.4 cm³/mol. The van der Waals surface area contributed by atoms with Crippen LogP contribution in [0.2, 0.25) is 0 Å². The van der Waals surface area contributed by atoms with Crippen molar-refractivity contribution in [3.8, 4) is 5.75 Å². The Kier molecular flexibility index (Phi) is 4.98. The first-order valence-corrected chi connectivity index (χ1v) is 6.67. The summed E-state index contributed by atoms with van der Waals surface area (Å²) in [7, 11) is 0. The first-order chi connectivity index (χ1) is 8.73. The summed E-state index contributed by atoms with van der Waals surface area (Å²) in [5.74, 6) is 0.739. The lowest BCUT2D eigenvalue weighted by Gasteiger charge is -2.24. The monoisotopic (exact) mass is 264 g/mol. The average molecular weight is 264 g/mol. The predicted octanol–water partition coefficient (Wildman–Crippen LogP) is 3.93. The van der Waals surface area contributed by atoms with E-state index in [0.29, 0.717) is 13.0 Å². The Balaban J connectivity index is 2.88. The summed E-state index contributed by atoms with van der Waals surface area (Å²) in [4.78, 5) is 11.2. The molecule has 3 nitrogen and oxygen atoms in total. The third kappa shape index (κ3) is 4.93. The van der Waals surface area contributed by atoms with Crippen LogP contribution in [0.1, 0.15) is 50.8 Å². The SMILES string of the molecule is CCC(=O)OCc1cc(C)c(OC(C)(C)C)c(C)c1. The lowest BCUT2D eigenvalue weighted by molar-refractivity contribution is -0.144. The topological polar surface area (TPSA) is 35.5 Å². The molecule has 0 spiro atoms. The molecule has 0 N–H and O–H groups in total. The third-order valence-electron chi connectivity index (χ3n) is 2.62. The normalized spacial score (nSPS) is 11.3. The Morgan fingerprint density at radius 2 is 1.68 bits per heavy atom. The number of rotatable bonds is 4. The van der Waals surface area contributed by atoms with Crippen LogP contribution in [0.3, 0.4) is 0 Å². The van der Waals surface area contributed by atoms with Gasteiger partial charge in [-0.15, -0.1) is 0 Å². The molecule has 0 aromatic heterocycles. The molecule has 0 bridgehead atoms. The summed E-state index contributed by atoms with van der Waals surface area (Å²) < 4.78 is 11.1. The number of carbonyl (C=O) groups excluding carboxylic acids is 1. The summed E-state index contributed by atoms with van der Waals surface area (Å²) >= 11 is 0. The van der Waals surface area contributed by atoms with E-state index in [1.165, 1.54) is 0 Å². The first-order valence-electron chi connectivity index (χ1n) is 6.67. The summed E-state index contributed by atoms with van der Waals surface area (Å²) in [5, 5.41) is 0. The van der Waals surface area contributed by atoms with Crippen LogP contribution >= 0.6 is 0 Å². The molecule has 0 aliphatic heterocycles. The fourth-order valence-corrected chi connectivity index (χ4v) is 1.86. The van der Waals surface area contributed by atoms with Crippen LogP contribution in [0.25, 0.3) is 0 Å². The number of esters is 1. The summed E-state index contributed by atoms with van der Waals surface area (Å²) in [6.45, 7) is 12.2. The molecule has 1 aromatic rings. The van der Waals surface area contributed by atoms with Crippen molar-refractivity contribution in [3.05, 3.63) is 28.8 Å². The van der Waals surface area contributed by atoms with Gasteiger partial charge in [-0.05, 0) is 63.4 Å². The fraction of sp³-hybridized carbons (Fsp3) is 0.562. The molecule has 0 radical (unpaired) electrons. The molecule has 0 aliphatic carbocycles. The van der Waals surface area contributed by atoms with Gasteiger partial charge in [-0.25, -0.2) is 0 Å². The van der Waals surface area contributed by atoms with Crippen molar-refractivity contribution in [1.82, 2.24) is 0 Å². The van der Waals surface area contributed by atoms with Gasteiger partial charge in [0.2, 0.25) is 0 Å². The van der Waals surface area contributed by atoms with E-state index >= 15 is 0 Å². The van der Waals surface area contributed by atoms with Crippen LogP contribution in [0, 0.1) is 13.8 Å². The standard InChI is InChI=1S/C16H24O3/c1-7-14(17)18-10-13-8-11(2)15(12(3)9-13)19-16(4,5)6/h8-9H,7,10H2,1-6H3. The number of carbonyl (C=O) groups is 1. The van der Waals surface area contributed by atoms with Crippen molar-refractivity contribution in [2.75, 3.05) is 0 Å². The highest BCUT2D eigenvalue weighted by Crippen LogP contribution is 2.28. The van der Waals surface area contributed by atoms with Gasteiger partial charge in [0.15, 0.2) is 0 Å². The molecule has 19 heavy (non-hydrogen) atoms. The minimum Gasteiger partial charge on any atom is -0.488 e. The zero-order valence-corrected chi connectivity index (χ0v) is 12.8. The second kappa shape index (κ2) is 6.09. The number of hydrogen-bond acceptors (Lipinski definition) is 3. The molecule has 106 valence electrons. The van der Waals surface area contributed by atoms with Gasteiger partial charge in [-0.3, -0.25) is 4.79 Å². The molecular weight excluding hydrogens is 240 g/mol. The van der Waals surface area contributed by atoms with E-state index in [2.05, 4.69) is 0 Å². The molecule has 0 atom stereocenters. The van der Waals surface area contributed by atoms with Gasteiger partial charge in [-0.1, -0.05) is 6.92 Å². The van der Waals surface area contributed by atoms with Crippen LogP contribution < -0.4 is 4.74 Å². The molecule has 0 heterocycles. The Morgan fingerprint density at radius 1 is 1.16 bits per heavy atom. The van der Waals surface area contributed by atoms with E-state index in [0.717, 1.165) is 22.4 Å². The number of ether oxygens (including phenoxy) is 2. The van der Waals surface area contributed by atoms with E-state index in [4.69, 9.17) is 9.47 Å². The zero-order chi connectivity index (χ0) is 14.6. The van der Waals surface area contributed by atoms with E-state index in [9.17, 15) is 4.79 Å². The average Bonchev–Trinajstić information content (AvgIpc) is 2.29. The van der Waals surface area contributed by atoms with Gasteiger partial charge >= 0.3 is 5.97 Å². The van der Waals surface area contributed by atoms with Crippen molar-refractivity contribution in [2.24, 2.45) is 0 Å². The van der Waals surface area contributed by atoms with Gasteiger partial charge in [0, 0.05) is 6.42 Å². The second-order valence-corrected chi connectivity index (χ2v) is 5.79. The molecule has 0 fully saturated rings. The fourth-order valence-electron chi connectivity index (χ4n) is 1.86. The van der Waals surface area contributed by atoms with E-state index in [-0.39, 0.29) is 11.6 Å². The van der Waals surface area contributed by atoms with Gasteiger partial charge in [-0.2, -0.15) is 0 Å². The molecule has 3 heteroatoms. The van der Waals surface area contributed by atoms with Gasteiger partial charge in [0.05, 0.1) is 0 Å². The van der Waals surface area contributed by atoms with Gasteiger partial charge < -0.3 is 9.47 Å². The summed E-state index contributed by atoms with van der Waals surface area (Å²) in [6, 6.07) is 4.02. The lowest BCUT2D eigenvalue weighted by Crippen LogP contribution is -2.24. The van der Waals surface area contributed by atoms with Crippen LogP contribution in [-0.2, 0) is 16.1 Å². The Hall–Kier alpha value is -1.51. The summed E-state index contributed by atoms with van der Waals surface area (Å²) in [6.07, 6.45) is 0.406. The Labute approximate surface area is 115 Å². The molecule has 1 rings (SSSR count). The molecular formula is C16H24O3. The quantitative estimate of drug-likeness (QED) is 0.773. The minimum absolute atomic E-state index is 0.176. The summed E-state index contributed by atoms with van der Waals surface area (Å²) in [5.41, 5.74) is 2.92. The Morgan fingerprint density at radius 3 is 2.11 bits per heavy atom. The maximum Gasteiger partial charge on any atom is 0.305 e. The van der Waals surface area contributed by atoms with Gasteiger partial charge in [0.1, 0.15) is 18.0 Å². The van der Waals surface area contributed by atoms with Crippen molar-refractivity contribution in [3.63, 3.8) is 0 Å². The minimum atomic E-state index is -0.217. The lowest BCUT2D eigenvalue weighted by atomic mass is 10.1. The largest absolute Gasteiger partial charge is 0.488 e. The number of benzene rings is 1. The van der Waals surface area contributed by atoms with Crippen LogP contribution in [0.4, 0.5) is 0 Å². The van der Waals surface area contributed by atoms with Gasteiger partial charge in [0.25, 0.3) is 0 Å². The van der Waals surface area contributed by atoms with Crippen molar-refractivity contribution in [1.29, 1.82) is 0 Å². The maximum atomic E-state index is 11.2. The smallest absolute Gasteiger partial charge is 0.305 e. The molecule has 0 amide bonds. The van der Waals surface area contributed by atoms with Crippen molar-refractivity contribution >= 4 is 5.97 Å². The highest BCUT2D eigenvalue weighted by atomic mass is 16.5. The van der Waals surface area contributed by atoms with Crippen LogP contribution in [-0.4, -0.2) is 11.6 Å². The van der Waals surface area contributed by atoms with Crippen molar-refractivity contribution in [2.45, 2.75) is 60.2 Å². The van der Waals surface area contributed by atoms with E-state index < -0.39 is 0 Å². The van der Waals surface area contributed by atoms with Crippen LogP contribution in [0.5, 0.6) is 5.75 Å². The number of hydrogen-bond donors (Lipinski definition) is 0. The Bertz CT molecular complexity index is 433. The molecule has 0 saturated heterocycles. The first kappa shape index (κ1) is 15.5. The third-order valence-corrected chi connectivity index (χ3v) is 2.62. The highest BCUT2D eigenvalue weighted by Gasteiger charge is 2.16. The molecule has 0 unspecified atom stereocenters. The highest BCUT2D eigenvalue weighted by molar-refractivity contribution is 5.68. The van der Waals surface area contributed by atoms with E-state index in [1.54, 1.807) is 6.92 Å². The van der Waals surface area contributed by atoms with Crippen LogP contribution in [0.15, 0.2) is 12.1 Å². The van der Waals surface area contributed by atoms with Crippen molar-refractivity contribution < 1.29 is 14.3 Å². The maximum absolute atomic E-state index is 11.2. The zero-order valence-electron chi connectivity index (χ0n) is 12.8.